The Balaban J connectivity index is 1.81. The van der Waals surface area contributed by atoms with Gasteiger partial charge < -0.3 is 5.32 Å². The molecule has 0 saturated carbocycles. The maximum atomic E-state index is 13.0. The quantitative estimate of drug-likeness (QED) is 0.781. The normalized spacial score (nSPS) is 15.5. The van der Waals surface area contributed by atoms with Crippen LogP contribution in [-0.4, -0.2) is 10.9 Å². The Hall–Kier alpha value is -3.65. The summed E-state index contributed by atoms with van der Waals surface area (Å²) in [6.07, 6.45) is 1.20. The molecule has 126 valence electrons. The fraction of sp³-hybridized carbons (Fsp3) is 0.0952. The van der Waals surface area contributed by atoms with Crippen LogP contribution >= 0.6 is 0 Å². The number of aryl methyl sites for hydroxylation is 1. The van der Waals surface area contributed by atoms with Gasteiger partial charge in [0, 0.05) is 11.9 Å². The number of fused-ring (bicyclic) bond motifs is 1. The molecule has 5 nitrogen and oxygen atoms in total. The van der Waals surface area contributed by atoms with E-state index in [9.17, 15) is 10.1 Å². The summed E-state index contributed by atoms with van der Waals surface area (Å²) in [4.78, 5) is 19.1. The number of para-hydroxylation sites is 1. The third-order valence-electron chi connectivity index (χ3n) is 4.46. The molecule has 1 aliphatic heterocycles. The maximum absolute atomic E-state index is 13.0. The number of nitrogens with zero attached hydrogens (tertiary/aromatic N) is 3. The predicted molar refractivity (Wildman–Crippen MR) is 99.7 cm³/mol. The zero-order valence-electron chi connectivity index (χ0n) is 14.2. The van der Waals surface area contributed by atoms with Gasteiger partial charge in [0.25, 0.3) is 5.91 Å². The first kappa shape index (κ1) is 15.9. The van der Waals surface area contributed by atoms with Crippen LogP contribution in [0, 0.1) is 18.3 Å². The van der Waals surface area contributed by atoms with Crippen LogP contribution in [0.25, 0.3) is 0 Å². The van der Waals surface area contributed by atoms with Crippen LogP contribution in [0.2, 0.25) is 0 Å². The Labute approximate surface area is 151 Å². The topological polar surface area (TPSA) is 69.0 Å². The molecule has 1 aliphatic rings. The third-order valence-corrected chi connectivity index (χ3v) is 4.46. The Morgan fingerprint density at radius 3 is 2.62 bits per heavy atom. The van der Waals surface area contributed by atoms with Gasteiger partial charge in [-0.15, -0.1) is 0 Å². The van der Waals surface area contributed by atoms with Crippen LogP contribution in [0.15, 0.2) is 66.9 Å². The van der Waals surface area contributed by atoms with Crippen molar-refractivity contribution in [2.75, 3.05) is 10.2 Å². The summed E-state index contributed by atoms with van der Waals surface area (Å²) in [5, 5.41) is 12.7. The number of carbonyl (C=O) groups excluding carboxylic acids is 1. The van der Waals surface area contributed by atoms with E-state index in [0.717, 1.165) is 11.3 Å². The van der Waals surface area contributed by atoms with Gasteiger partial charge in [-0.3, -0.25) is 14.7 Å². The first-order valence-corrected chi connectivity index (χ1v) is 8.30. The highest BCUT2D eigenvalue weighted by atomic mass is 16.2. The summed E-state index contributed by atoms with van der Waals surface area (Å²) in [6.45, 7) is 2.00. The van der Waals surface area contributed by atoms with Crippen molar-refractivity contribution in [2.45, 2.75) is 13.1 Å². The molecule has 1 atom stereocenters. The molecule has 2 heterocycles. The minimum atomic E-state index is -0.476. The second kappa shape index (κ2) is 6.34. The molecule has 0 bridgehead atoms. The smallest absolute Gasteiger partial charge is 0.262 e. The number of carbonyl (C=O) groups is 1. The van der Waals surface area contributed by atoms with Crippen LogP contribution < -0.4 is 10.2 Å². The lowest BCUT2D eigenvalue weighted by Gasteiger charge is -2.27. The van der Waals surface area contributed by atoms with Gasteiger partial charge in [-0.05, 0) is 43.3 Å². The van der Waals surface area contributed by atoms with E-state index in [-0.39, 0.29) is 5.91 Å². The van der Waals surface area contributed by atoms with E-state index in [1.807, 2.05) is 49.4 Å². The molecule has 0 aliphatic carbocycles. The van der Waals surface area contributed by atoms with E-state index < -0.39 is 6.17 Å². The van der Waals surface area contributed by atoms with Gasteiger partial charge in [0.1, 0.15) is 6.07 Å². The van der Waals surface area contributed by atoms with Gasteiger partial charge in [-0.25, -0.2) is 0 Å². The molecular weight excluding hydrogens is 324 g/mol. The molecule has 0 fully saturated rings. The molecule has 1 N–H and O–H groups in total. The molecule has 2 aromatic carbocycles. The highest BCUT2D eigenvalue weighted by Crippen LogP contribution is 2.37. The molecule has 1 aromatic heterocycles. The summed E-state index contributed by atoms with van der Waals surface area (Å²) in [7, 11) is 0. The van der Waals surface area contributed by atoms with E-state index in [2.05, 4.69) is 16.4 Å². The fourth-order valence-electron chi connectivity index (χ4n) is 3.14. The minimum absolute atomic E-state index is 0.108. The highest BCUT2D eigenvalue weighted by molar-refractivity contribution is 6.11. The van der Waals surface area contributed by atoms with Crippen LogP contribution in [-0.2, 0) is 0 Å². The molecule has 1 amide bonds. The maximum Gasteiger partial charge on any atom is 0.262 e. The van der Waals surface area contributed by atoms with Crippen LogP contribution in [0.3, 0.4) is 0 Å². The van der Waals surface area contributed by atoms with Gasteiger partial charge in [0.05, 0.1) is 22.5 Å². The monoisotopic (exact) mass is 340 g/mol. The lowest BCUT2D eigenvalue weighted by Crippen LogP contribution is -2.32. The van der Waals surface area contributed by atoms with Crippen LogP contribution in [0.1, 0.15) is 33.3 Å². The number of hydrogen-bond donors (Lipinski definition) is 1. The number of aromatic nitrogens is 1. The first-order valence-electron chi connectivity index (χ1n) is 8.30. The van der Waals surface area contributed by atoms with Crippen molar-refractivity contribution in [3.63, 3.8) is 0 Å². The second-order valence-corrected chi connectivity index (χ2v) is 6.15. The van der Waals surface area contributed by atoms with E-state index in [4.69, 9.17) is 0 Å². The van der Waals surface area contributed by atoms with Crippen molar-refractivity contribution in [1.82, 2.24) is 4.98 Å². The Kier molecular flexibility index (Phi) is 3.86. The Bertz CT molecular complexity index is 1020. The van der Waals surface area contributed by atoms with Crippen molar-refractivity contribution in [1.29, 1.82) is 5.26 Å². The van der Waals surface area contributed by atoms with Gasteiger partial charge in [0.15, 0.2) is 6.17 Å². The van der Waals surface area contributed by atoms with Crippen molar-refractivity contribution >= 4 is 17.3 Å². The number of nitrogens with one attached hydrogen (secondary N) is 1. The SMILES string of the molecule is Cc1ccc(N2C(=O)c3cccnc3[C@@H]2Nc2ccccc2C#N)cc1. The van der Waals surface area contributed by atoms with Crippen molar-refractivity contribution < 1.29 is 4.79 Å². The molecule has 5 heteroatoms. The minimum Gasteiger partial charge on any atom is -0.359 e. The number of nitriles is 1. The lowest BCUT2D eigenvalue weighted by molar-refractivity contribution is 0.0993. The standard InChI is InChI=1S/C21H16N4O/c1-14-8-10-16(11-9-14)25-20(19-17(21(25)26)6-4-12-23-19)24-18-7-3-2-5-15(18)13-22/h2-12,20,24H,1H3/t20-/m1/s1. The second-order valence-electron chi connectivity index (χ2n) is 6.15. The molecule has 26 heavy (non-hydrogen) atoms. The third kappa shape index (κ3) is 2.58. The molecular formula is C21H16N4O. The zero-order chi connectivity index (χ0) is 18.1. The molecule has 4 rings (SSSR count). The summed E-state index contributed by atoms with van der Waals surface area (Å²) in [5.41, 5.74) is 4.32. The lowest BCUT2D eigenvalue weighted by atomic mass is 10.1. The number of anilines is 2. The van der Waals surface area contributed by atoms with Crippen molar-refractivity contribution in [2.24, 2.45) is 0 Å². The summed E-state index contributed by atoms with van der Waals surface area (Å²) >= 11 is 0. The predicted octanol–water partition coefficient (Wildman–Crippen LogP) is 4.03. The Morgan fingerprint density at radius 2 is 1.85 bits per heavy atom. The molecule has 0 saturated heterocycles. The first-order chi connectivity index (χ1) is 12.7. The summed E-state index contributed by atoms with van der Waals surface area (Å²) < 4.78 is 0. The zero-order valence-corrected chi connectivity index (χ0v) is 14.2. The number of pyridine rings is 1. The average Bonchev–Trinajstić information content (AvgIpc) is 2.95. The van der Waals surface area contributed by atoms with Gasteiger partial charge in [0.2, 0.25) is 0 Å². The van der Waals surface area contributed by atoms with Crippen LogP contribution in [0.4, 0.5) is 11.4 Å². The Morgan fingerprint density at radius 1 is 1.08 bits per heavy atom. The van der Waals surface area contributed by atoms with E-state index >= 15 is 0 Å². The van der Waals surface area contributed by atoms with Crippen LogP contribution in [0.5, 0.6) is 0 Å². The summed E-state index contributed by atoms with van der Waals surface area (Å²) in [5.74, 6) is -0.108. The number of benzene rings is 2. The van der Waals surface area contributed by atoms with Gasteiger partial charge >= 0.3 is 0 Å². The largest absolute Gasteiger partial charge is 0.359 e. The van der Waals surface area contributed by atoms with E-state index in [1.165, 1.54) is 0 Å². The molecule has 0 radical (unpaired) electrons. The fourth-order valence-corrected chi connectivity index (χ4v) is 3.14. The van der Waals surface area contributed by atoms with Crippen molar-refractivity contribution in [3.8, 4) is 6.07 Å². The molecule has 0 spiro atoms. The van der Waals surface area contributed by atoms with E-state index in [1.54, 1.807) is 29.3 Å². The number of hydrogen-bond acceptors (Lipinski definition) is 4. The van der Waals surface area contributed by atoms with Gasteiger partial charge in [-0.1, -0.05) is 29.8 Å². The highest BCUT2D eigenvalue weighted by Gasteiger charge is 2.39. The van der Waals surface area contributed by atoms with Gasteiger partial charge in [-0.2, -0.15) is 5.26 Å². The van der Waals surface area contributed by atoms with Crippen molar-refractivity contribution in [3.05, 3.63) is 89.2 Å². The molecule has 0 unspecified atom stereocenters. The van der Waals surface area contributed by atoms with E-state index in [0.29, 0.717) is 22.5 Å². The average molecular weight is 340 g/mol. The molecule has 3 aromatic rings. The number of rotatable bonds is 3. The summed E-state index contributed by atoms with van der Waals surface area (Å²) in [6, 6.07) is 20.8. The number of amides is 1.